The Morgan fingerprint density at radius 1 is 1.00 bits per heavy atom. The summed E-state index contributed by atoms with van der Waals surface area (Å²) in [6.45, 7) is 0. The van der Waals surface area contributed by atoms with E-state index in [0.717, 1.165) is 23.9 Å². The molecular formula is C19H16F2O5S. The molecule has 0 heterocycles. The lowest BCUT2D eigenvalue weighted by Gasteiger charge is -2.11. The van der Waals surface area contributed by atoms with Crippen LogP contribution in [0.4, 0.5) is 8.78 Å². The molecule has 2 N–H and O–H groups in total. The predicted octanol–water partition coefficient (Wildman–Crippen LogP) is 3.72. The Kier molecular flexibility index (Phi) is 7.06. The second-order valence-corrected chi connectivity index (χ2v) is 6.80. The van der Waals surface area contributed by atoms with Crippen LogP contribution in [0, 0.1) is 17.6 Å². The maximum Gasteiger partial charge on any atom is 0.313 e. The molecule has 142 valence electrons. The first-order valence-electron chi connectivity index (χ1n) is 7.89. The lowest BCUT2D eigenvalue weighted by atomic mass is 9.97. The highest BCUT2D eigenvalue weighted by molar-refractivity contribution is 7.99. The van der Waals surface area contributed by atoms with E-state index in [-0.39, 0.29) is 29.1 Å². The summed E-state index contributed by atoms with van der Waals surface area (Å²) < 4.78 is 26.8. The third-order valence-electron chi connectivity index (χ3n) is 3.77. The van der Waals surface area contributed by atoms with Crippen LogP contribution in [0.15, 0.2) is 42.5 Å². The molecule has 0 bridgehead atoms. The van der Waals surface area contributed by atoms with Crippen molar-refractivity contribution >= 4 is 29.5 Å². The van der Waals surface area contributed by atoms with Gasteiger partial charge in [0.05, 0.1) is 11.7 Å². The number of thioether (sulfide) groups is 1. The van der Waals surface area contributed by atoms with Crippen molar-refractivity contribution in [3.8, 4) is 11.1 Å². The fourth-order valence-electron chi connectivity index (χ4n) is 2.41. The van der Waals surface area contributed by atoms with Gasteiger partial charge in [-0.25, -0.2) is 8.78 Å². The van der Waals surface area contributed by atoms with Crippen LogP contribution < -0.4 is 0 Å². The SMILES string of the molecule is O=C(O)CSC[C@@H](CC(=O)c1ccc(-c2ccc(F)cc2F)cc1)C(=O)O. The summed E-state index contributed by atoms with van der Waals surface area (Å²) >= 11 is 0.933. The third-order valence-corrected chi connectivity index (χ3v) is 4.86. The van der Waals surface area contributed by atoms with Gasteiger partial charge in [-0.3, -0.25) is 14.4 Å². The number of ketones is 1. The van der Waals surface area contributed by atoms with Gasteiger partial charge in [0.25, 0.3) is 0 Å². The van der Waals surface area contributed by atoms with Crippen LogP contribution in [-0.4, -0.2) is 39.4 Å². The normalized spacial score (nSPS) is 11.8. The number of carbonyl (C=O) groups is 3. The molecule has 8 heteroatoms. The number of Topliss-reactive ketones (excluding diaryl/α,β-unsaturated/α-hetero) is 1. The number of hydrogen-bond acceptors (Lipinski definition) is 4. The van der Waals surface area contributed by atoms with Crippen molar-refractivity contribution in [1.29, 1.82) is 0 Å². The molecule has 0 aliphatic rings. The number of benzene rings is 2. The average molecular weight is 394 g/mol. The number of rotatable bonds is 9. The first-order chi connectivity index (χ1) is 12.8. The number of carboxylic acid groups (broad SMARTS) is 2. The summed E-state index contributed by atoms with van der Waals surface area (Å²) in [6.07, 6.45) is -0.272. The van der Waals surface area contributed by atoms with Crippen molar-refractivity contribution in [3.63, 3.8) is 0 Å². The molecule has 2 aromatic rings. The molecule has 0 aliphatic carbocycles. The summed E-state index contributed by atoms with van der Waals surface area (Å²) in [5.41, 5.74) is 0.899. The molecule has 2 aromatic carbocycles. The van der Waals surface area contributed by atoms with Crippen molar-refractivity contribution in [2.75, 3.05) is 11.5 Å². The van der Waals surface area contributed by atoms with E-state index in [0.29, 0.717) is 5.56 Å². The molecule has 5 nitrogen and oxygen atoms in total. The quantitative estimate of drug-likeness (QED) is 0.630. The molecule has 1 atom stereocenters. The highest BCUT2D eigenvalue weighted by atomic mass is 32.2. The molecule has 2 rings (SSSR count). The maximum absolute atomic E-state index is 13.8. The lowest BCUT2D eigenvalue weighted by molar-refractivity contribution is -0.141. The van der Waals surface area contributed by atoms with E-state index in [1.807, 2.05) is 0 Å². The van der Waals surface area contributed by atoms with Crippen LogP contribution >= 0.6 is 11.8 Å². The van der Waals surface area contributed by atoms with E-state index < -0.39 is 35.3 Å². The molecule has 0 fully saturated rings. The zero-order valence-corrected chi connectivity index (χ0v) is 14.8. The van der Waals surface area contributed by atoms with E-state index >= 15 is 0 Å². The Morgan fingerprint density at radius 2 is 1.67 bits per heavy atom. The number of carboxylic acids is 2. The summed E-state index contributed by atoms with van der Waals surface area (Å²) in [5, 5.41) is 17.8. The predicted molar refractivity (Wildman–Crippen MR) is 96.8 cm³/mol. The van der Waals surface area contributed by atoms with Crippen molar-refractivity contribution in [1.82, 2.24) is 0 Å². The highest BCUT2D eigenvalue weighted by Gasteiger charge is 2.22. The second-order valence-electron chi connectivity index (χ2n) is 5.77. The lowest BCUT2D eigenvalue weighted by Crippen LogP contribution is -2.21. The van der Waals surface area contributed by atoms with Gasteiger partial charge in [0.2, 0.25) is 0 Å². The van der Waals surface area contributed by atoms with Gasteiger partial charge in [0, 0.05) is 29.4 Å². The van der Waals surface area contributed by atoms with Gasteiger partial charge < -0.3 is 10.2 Å². The molecule has 0 unspecified atom stereocenters. The molecule has 0 saturated heterocycles. The van der Waals surface area contributed by atoms with Gasteiger partial charge in [-0.15, -0.1) is 11.8 Å². The fraction of sp³-hybridized carbons (Fsp3) is 0.211. The Labute approximate surface area is 158 Å². The van der Waals surface area contributed by atoms with Crippen LogP contribution in [0.1, 0.15) is 16.8 Å². The van der Waals surface area contributed by atoms with Gasteiger partial charge in [-0.1, -0.05) is 24.3 Å². The minimum Gasteiger partial charge on any atom is -0.481 e. The van der Waals surface area contributed by atoms with Crippen molar-refractivity contribution in [3.05, 3.63) is 59.7 Å². The molecule has 27 heavy (non-hydrogen) atoms. The number of carbonyl (C=O) groups excluding carboxylic acids is 1. The zero-order chi connectivity index (χ0) is 20.0. The van der Waals surface area contributed by atoms with Crippen LogP contribution in [0.2, 0.25) is 0 Å². The molecule has 0 saturated carbocycles. The smallest absolute Gasteiger partial charge is 0.313 e. The minimum atomic E-state index is -1.17. The molecule has 0 radical (unpaired) electrons. The van der Waals surface area contributed by atoms with E-state index in [4.69, 9.17) is 5.11 Å². The topological polar surface area (TPSA) is 91.7 Å². The largest absolute Gasteiger partial charge is 0.481 e. The molecule has 0 aliphatic heterocycles. The Hall–Kier alpha value is -2.74. The van der Waals surface area contributed by atoms with Gasteiger partial charge >= 0.3 is 11.9 Å². The zero-order valence-electron chi connectivity index (χ0n) is 14.0. The molecule has 0 amide bonds. The molecule has 0 aromatic heterocycles. The Bertz CT molecular complexity index is 852. The molecule has 0 spiro atoms. The van der Waals surface area contributed by atoms with E-state index in [1.165, 1.54) is 30.3 Å². The van der Waals surface area contributed by atoms with Crippen molar-refractivity contribution < 1.29 is 33.4 Å². The molecular weight excluding hydrogens is 378 g/mol. The van der Waals surface area contributed by atoms with Crippen LogP contribution in [0.5, 0.6) is 0 Å². The summed E-state index contributed by atoms with van der Waals surface area (Å²) in [4.78, 5) is 34.1. The van der Waals surface area contributed by atoms with Gasteiger partial charge in [-0.05, 0) is 17.7 Å². The first-order valence-corrected chi connectivity index (χ1v) is 9.04. The van der Waals surface area contributed by atoms with Crippen LogP contribution in [-0.2, 0) is 9.59 Å². The maximum atomic E-state index is 13.8. The average Bonchev–Trinajstić information content (AvgIpc) is 2.60. The van der Waals surface area contributed by atoms with Gasteiger partial charge in [-0.2, -0.15) is 0 Å². The highest BCUT2D eigenvalue weighted by Crippen LogP contribution is 2.24. The van der Waals surface area contributed by atoms with E-state index in [2.05, 4.69) is 0 Å². The Morgan fingerprint density at radius 3 is 2.22 bits per heavy atom. The monoisotopic (exact) mass is 394 g/mol. The second kappa shape index (κ2) is 9.27. The standard InChI is InChI=1S/C19H16F2O5S/c20-14-5-6-15(16(21)8-14)11-1-3-12(4-2-11)17(22)7-13(19(25)26)9-27-10-18(23)24/h1-6,8,13H,7,9-10H2,(H,23,24)(H,25,26)/t13-/m1/s1. The summed E-state index contributed by atoms with van der Waals surface area (Å²) in [5.74, 6) is -5.30. The minimum absolute atomic E-state index is 0.00620. The number of aliphatic carboxylic acids is 2. The van der Waals surface area contributed by atoms with E-state index in [9.17, 15) is 28.3 Å². The van der Waals surface area contributed by atoms with Gasteiger partial charge in [0.1, 0.15) is 11.6 Å². The fourth-order valence-corrected chi connectivity index (χ4v) is 3.24. The summed E-state index contributed by atoms with van der Waals surface area (Å²) in [7, 11) is 0. The number of halogens is 2. The van der Waals surface area contributed by atoms with E-state index in [1.54, 1.807) is 0 Å². The van der Waals surface area contributed by atoms with Crippen molar-refractivity contribution in [2.45, 2.75) is 6.42 Å². The van der Waals surface area contributed by atoms with Crippen LogP contribution in [0.3, 0.4) is 0 Å². The number of hydrogen-bond donors (Lipinski definition) is 2. The third kappa shape index (κ3) is 5.89. The summed E-state index contributed by atoms with van der Waals surface area (Å²) in [6, 6.07) is 9.08. The van der Waals surface area contributed by atoms with Gasteiger partial charge in [0.15, 0.2) is 5.78 Å². The van der Waals surface area contributed by atoms with Crippen molar-refractivity contribution in [2.24, 2.45) is 5.92 Å². The Balaban J connectivity index is 2.07. The van der Waals surface area contributed by atoms with Crippen LogP contribution in [0.25, 0.3) is 11.1 Å². The first kappa shape index (κ1) is 20.6.